The van der Waals surface area contributed by atoms with Crippen molar-refractivity contribution in [2.45, 2.75) is 24.7 Å². The molecule has 10 nitrogen and oxygen atoms in total. The van der Waals surface area contributed by atoms with Crippen LogP contribution in [0.2, 0.25) is 5.02 Å². The number of carbonyl (C=O) groups excluding carboxylic acids is 2. The molecule has 0 aliphatic carbocycles. The van der Waals surface area contributed by atoms with Crippen molar-refractivity contribution in [3.63, 3.8) is 0 Å². The van der Waals surface area contributed by atoms with Gasteiger partial charge in [-0.1, -0.05) is 11.6 Å². The Hall–Kier alpha value is -3.18. The van der Waals surface area contributed by atoms with Crippen molar-refractivity contribution in [3.8, 4) is 17.2 Å². The number of methoxy groups -OCH3 is 3. The highest BCUT2D eigenvalue weighted by Crippen LogP contribution is 2.37. The highest BCUT2D eigenvalue weighted by Gasteiger charge is 2.34. The molecule has 0 atom stereocenters. The number of rotatable bonds is 10. The number of piperidine rings is 1. The van der Waals surface area contributed by atoms with Crippen LogP contribution in [0.5, 0.6) is 17.2 Å². The topological polar surface area (TPSA) is 112 Å². The SMILES string of the molecule is CCOC(=O)C1CCN(C(=O)CN(c2cc(Cl)ccc2OC)S(=O)(=O)c2ccc(OC)c(OC)c2)CC1. The van der Waals surface area contributed by atoms with Gasteiger partial charge in [0, 0.05) is 24.2 Å². The number of sulfonamides is 1. The van der Waals surface area contributed by atoms with Crippen molar-refractivity contribution >= 4 is 39.2 Å². The van der Waals surface area contributed by atoms with E-state index in [2.05, 4.69) is 0 Å². The molecule has 0 N–H and O–H groups in total. The molecule has 1 fully saturated rings. The zero-order valence-corrected chi connectivity index (χ0v) is 22.8. The van der Waals surface area contributed by atoms with Crippen molar-refractivity contribution in [3.05, 3.63) is 41.4 Å². The number of anilines is 1. The number of ether oxygens (including phenoxy) is 4. The first kappa shape index (κ1) is 28.4. The number of likely N-dealkylation sites (tertiary alicyclic amines) is 1. The number of hydrogen-bond donors (Lipinski definition) is 0. The van der Waals surface area contributed by atoms with Crippen molar-refractivity contribution in [2.75, 3.05) is 51.9 Å². The second-order valence-electron chi connectivity index (χ2n) is 8.25. The molecule has 37 heavy (non-hydrogen) atoms. The summed E-state index contributed by atoms with van der Waals surface area (Å²) in [6.45, 7) is 2.15. The van der Waals surface area contributed by atoms with Crippen molar-refractivity contribution in [1.82, 2.24) is 4.90 Å². The number of carbonyl (C=O) groups is 2. The van der Waals surface area contributed by atoms with E-state index in [4.69, 9.17) is 30.5 Å². The van der Waals surface area contributed by atoms with E-state index in [0.29, 0.717) is 38.3 Å². The van der Waals surface area contributed by atoms with Crippen molar-refractivity contribution in [2.24, 2.45) is 5.92 Å². The standard InChI is InChI=1S/C25H31ClN2O8S/c1-5-36-25(30)17-10-12-27(13-11-17)24(29)16-28(20-14-18(26)6-8-21(20)33-2)37(31,32)19-7-9-22(34-3)23(15-19)35-4/h6-9,14-15,17H,5,10-13,16H2,1-4H3. The molecule has 0 aromatic heterocycles. The third-order valence-corrected chi connectivity index (χ3v) is 8.09. The molecular weight excluding hydrogens is 524 g/mol. The highest BCUT2D eigenvalue weighted by molar-refractivity contribution is 7.92. The van der Waals surface area contributed by atoms with Crippen LogP contribution >= 0.6 is 11.6 Å². The predicted molar refractivity (Wildman–Crippen MR) is 138 cm³/mol. The van der Waals surface area contributed by atoms with Gasteiger partial charge in [-0.25, -0.2) is 8.42 Å². The fourth-order valence-corrected chi connectivity index (χ4v) is 5.71. The van der Waals surface area contributed by atoms with Gasteiger partial charge in [0.25, 0.3) is 10.0 Å². The Labute approximate surface area is 222 Å². The summed E-state index contributed by atoms with van der Waals surface area (Å²) in [4.78, 5) is 26.9. The third-order valence-electron chi connectivity index (χ3n) is 6.10. The van der Waals surface area contributed by atoms with Gasteiger partial charge >= 0.3 is 5.97 Å². The Morgan fingerprint density at radius 2 is 1.59 bits per heavy atom. The molecule has 202 valence electrons. The molecule has 0 saturated carbocycles. The Morgan fingerprint density at radius 3 is 2.19 bits per heavy atom. The molecule has 1 saturated heterocycles. The molecule has 1 amide bonds. The fourth-order valence-electron chi connectivity index (χ4n) is 4.11. The van der Waals surface area contributed by atoms with Crippen LogP contribution in [-0.4, -0.2) is 72.8 Å². The summed E-state index contributed by atoms with van der Waals surface area (Å²) < 4.78 is 49.8. The lowest BCUT2D eigenvalue weighted by Gasteiger charge is -2.33. The van der Waals surface area contributed by atoms with E-state index in [0.717, 1.165) is 4.31 Å². The molecule has 2 aromatic carbocycles. The van der Waals surface area contributed by atoms with Crippen molar-refractivity contribution < 1.29 is 37.0 Å². The summed E-state index contributed by atoms with van der Waals surface area (Å²) in [5, 5.41) is 0.269. The average molecular weight is 555 g/mol. The lowest BCUT2D eigenvalue weighted by atomic mass is 9.97. The highest BCUT2D eigenvalue weighted by atomic mass is 35.5. The zero-order chi connectivity index (χ0) is 27.2. The summed E-state index contributed by atoms with van der Waals surface area (Å²) >= 11 is 6.21. The zero-order valence-electron chi connectivity index (χ0n) is 21.2. The molecule has 3 rings (SSSR count). The fraction of sp³-hybridized carbons (Fsp3) is 0.440. The van der Waals surface area contributed by atoms with E-state index in [-0.39, 0.29) is 39.0 Å². The quantitative estimate of drug-likeness (QED) is 0.411. The molecule has 0 radical (unpaired) electrons. The van der Waals surface area contributed by atoms with Crippen LogP contribution in [0.15, 0.2) is 41.3 Å². The first-order valence-electron chi connectivity index (χ1n) is 11.7. The summed E-state index contributed by atoms with van der Waals surface area (Å²) in [5.74, 6) is -0.196. The van der Waals surface area contributed by atoms with Crippen LogP contribution in [0.25, 0.3) is 0 Å². The molecule has 1 heterocycles. The minimum atomic E-state index is -4.29. The van der Waals surface area contributed by atoms with Gasteiger partial charge in [-0.05, 0) is 50.1 Å². The summed E-state index contributed by atoms with van der Waals surface area (Å²) in [6.07, 6.45) is 0.876. The molecule has 0 spiro atoms. The first-order valence-corrected chi connectivity index (χ1v) is 13.5. The average Bonchev–Trinajstić information content (AvgIpc) is 2.91. The minimum absolute atomic E-state index is 0.110. The van der Waals surface area contributed by atoms with Gasteiger partial charge in [-0.3, -0.25) is 13.9 Å². The molecule has 0 unspecified atom stereocenters. The van der Waals surface area contributed by atoms with E-state index in [1.54, 1.807) is 17.9 Å². The molecule has 0 bridgehead atoms. The van der Waals surface area contributed by atoms with Gasteiger partial charge in [-0.15, -0.1) is 0 Å². The van der Waals surface area contributed by atoms with Gasteiger partial charge in [0.15, 0.2) is 11.5 Å². The van der Waals surface area contributed by atoms with Gasteiger partial charge < -0.3 is 23.8 Å². The van der Waals surface area contributed by atoms with Crippen LogP contribution < -0.4 is 18.5 Å². The van der Waals surface area contributed by atoms with E-state index in [9.17, 15) is 18.0 Å². The van der Waals surface area contributed by atoms with Crippen LogP contribution in [0.3, 0.4) is 0 Å². The Bertz CT molecular complexity index is 1230. The molecule has 2 aromatic rings. The van der Waals surface area contributed by atoms with Gasteiger partial charge in [0.2, 0.25) is 5.91 Å². The number of amides is 1. The normalized spacial score (nSPS) is 14.1. The summed E-state index contributed by atoms with van der Waals surface area (Å²) in [5.41, 5.74) is 0.111. The summed E-state index contributed by atoms with van der Waals surface area (Å²) in [6, 6.07) is 8.70. The van der Waals surface area contributed by atoms with Crippen LogP contribution in [-0.2, 0) is 24.3 Å². The molecular formula is C25H31ClN2O8S. The predicted octanol–water partition coefficient (Wildman–Crippen LogP) is 3.36. The van der Waals surface area contributed by atoms with E-state index >= 15 is 0 Å². The molecule has 12 heteroatoms. The molecule has 1 aliphatic rings. The number of hydrogen-bond acceptors (Lipinski definition) is 8. The smallest absolute Gasteiger partial charge is 0.309 e. The van der Waals surface area contributed by atoms with Crippen LogP contribution in [0, 0.1) is 5.92 Å². The number of nitrogens with zero attached hydrogens (tertiary/aromatic N) is 2. The number of esters is 1. The lowest BCUT2D eigenvalue weighted by molar-refractivity contribution is -0.151. The summed E-state index contributed by atoms with van der Waals surface area (Å²) in [7, 11) is -0.0484. The lowest BCUT2D eigenvalue weighted by Crippen LogP contribution is -2.46. The van der Waals surface area contributed by atoms with E-state index < -0.39 is 22.5 Å². The van der Waals surface area contributed by atoms with E-state index in [1.165, 1.54) is 51.7 Å². The van der Waals surface area contributed by atoms with Gasteiger partial charge in [0.1, 0.15) is 12.3 Å². The maximum atomic E-state index is 13.9. The van der Waals surface area contributed by atoms with Gasteiger partial charge in [0.05, 0.1) is 44.4 Å². The Balaban J connectivity index is 1.96. The van der Waals surface area contributed by atoms with Crippen LogP contribution in [0.4, 0.5) is 5.69 Å². The molecule has 1 aliphatic heterocycles. The second-order valence-corrected chi connectivity index (χ2v) is 10.6. The minimum Gasteiger partial charge on any atom is -0.495 e. The maximum absolute atomic E-state index is 13.9. The maximum Gasteiger partial charge on any atom is 0.309 e. The van der Waals surface area contributed by atoms with Crippen LogP contribution in [0.1, 0.15) is 19.8 Å². The largest absolute Gasteiger partial charge is 0.495 e. The third kappa shape index (κ3) is 6.40. The monoisotopic (exact) mass is 554 g/mol. The van der Waals surface area contributed by atoms with Crippen molar-refractivity contribution in [1.29, 1.82) is 0 Å². The van der Waals surface area contributed by atoms with Gasteiger partial charge in [-0.2, -0.15) is 0 Å². The second kappa shape index (κ2) is 12.4. The Kier molecular flexibility index (Phi) is 9.50. The first-order chi connectivity index (χ1) is 17.7. The number of halogens is 1. The Morgan fingerprint density at radius 1 is 0.973 bits per heavy atom. The number of benzene rings is 2. The van der Waals surface area contributed by atoms with E-state index in [1.807, 2.05) is 0 Å².